The molecule has 1 N–H and O–H groups in total. The number of fused-ring (bicyclic) bond motifs is 1. The van der Waals surface area contributed by atoms with Crippen LogP contribution in [-0.4, -0.2) is 9.91 Å². The molecule has 23 heavy (non-hydrogen) atoms. The van der Waals surface area contributed by atoms with Gasteiger partial charge in [-0.1, -0.05) is 24.3 Å². The number of nitro groups is 1. The van der Waals surface area contributed by atoms with Gasteiger partial charge in [-0.3, -0.25) is 14.9 Å². The van der Waals surface area contributed by atoms with E-state index < -0.39 is 4.92 Å². The summed E-state index contributed by atoms with van der Waals surface area (Å²) in [5.41, 5.74) is 3.62. The molecule has 5 heteroatoms. The van der Waals surface area contributed by atoms with Gasteiger partial charge in [0.1, 0.15) is 0 Å². The van der Waals surface area contributed by atoms with Crippen molar-refractivity contribution in [1.29, 1.82) is 0 Å². The fourth-order valence-electron chi connectivity index (χ4n) is 2.69. The molecule has 2 aromatic carbocycles. The molecule has 0 spiro atoms. The monoisotopic (exact) mass is 308 g/mol. The Morgan fingerprint density at radius 3 is 2.43 bits per heavy atom. The molecule has 0 fully saturated rings. The minimum atomic E-state index is -0.408. The smallest absolute Gasteiger partial charge is 0.269 e. The number of nitrogens with one attached hydrogen (secondary N) is 1. The number of nitro benzene ring substituents is 1. The number of para-hydroxylation sites is 1. The fraction of sp³-hybridized carbons (Fsp3) is 0.167. The second kappa shape index (κ2) is 6.04. The van der Waals surface area contributed by atoms with Crippen molar-refractivity contribution in [3.8, 4) is 0 Å². The molecule has 0 saturated heterocycles. The maximum atomic E-state index is 12.4. The second-order valence-electron chi connectivity index (χ2n) is 5.53. The van der Waals surface area contributed by atoms with E-state index in [1.807, 2.05) is 31.2 Å². The molecule has 3 aromatic rings. The highest BCUT2D eigenvalue weighted by Crippen LogP contribution is 2.16. The van der Waals surface area contributed by atoms with Crippen LogP contribution in [0.2, 0.25) is 0 Å². The van der Waals surface area contributed by atoms with Gasteiger partial charge < -0.3 is 4.98 Å². The van der Waals surface area contributed by atoms with Crippen LogP contribution < -0.4 is 5.43 Å². The van der Waals surface area contributed by atoms with Crippen LogP contribution >= 0.6 is 0 Å². The lowest BCUT2D eigenvalue weighted by Crippen LogP contribution is -2.12. The summed E-state index contributed by atoms with van der Waals surface area (Å²) in [4.78, 5) is 26.0. The maximum absolute atomic E-state index is 12.4. The average molecular weight is 308 g/mol. The molecule has 0 saturated carbocycles. The van der Waals surface area contributed by atoms with Gasteiger partial charge in [-0.15, -0.1) is 0 Å². The predicted octanol–water partition coefficient (Wildman–Crippen LogP) is 3.53. The molecule has 0 atom stereocenters. The SMILES string of the molecule is Cc1c(CCc2ccc([N+](=O)[O-])cc2)[nH]c2ccccc2c1=O. The Bertz CT molecular complexity index is 927. The van der Waals surface area contributed by atoms with E-state index in [-0.39, 0.29) is 11.1 Å². The third-order valence-electron chi connectivity index (χ3n) is 4.06. The maximum Gasteiger partial charge on any atom is 0.269 e. The van der Waals surface area contributed by atoms with Crippen molar-refractivity contribution in [1.82, 2.24) is 4.98 Å². The van der Waals surface area contributed by atoms with Gasteiger partial charge in [-0.25, -0.2) is 0 Å². The van der Waals surface area contributed by atoms with E-state index in [0.717, 1.165) is 22.3 Å². The molecule has 0 bridgehead atoms. The number of aromatic amines is 1. The number of nitrogens with zero attached hydrogens (tertiary/aromatic N) is 1. The molecule has 1 aromatic heterocycles. The first kappa shape index (κ1) is 15.0. The number of rotatable bonds is 4. The number of aromatic nitrogens is 1. The van der Waals surface area contributed by atoms with Crippen LogP contribution in [0.3, 0.4) is 0 Å². The highest BCUT2D eigenvalue weighted by atomic mass is 16.6. The Kier molecular flexibility index (Phi) is 3.93. The van der Waals surface area contributed by atoms with Crippen LogP contribution in [0.25, 0.3) is 10.9 Å². The first-order valence-electron chi connectivity index (χ1n) is 7.40. The number of aryl methyl sites for hydroxylation is 2. The lowest BCUT2D eigenvalue weighted by Gasteiger charge is -2.08. The average Bonchev–Trinajstić information content (AvgIpc) is 2.57. The molecule has 0 amide bonds. The Hall–Kier alpha value is -2.95. The number of non-ortho nitro benzene ring substituents is 1. The summed E-state index contributed by atoms with van der Waals surface area (Å²) < 4.78 is 0. The molecule has 3 rings (SSSR count). The molecule has 0 aliphatic heterocycles. The van der Waals surface area contributed by atoms with Crippen LogP contribution in [0.1, 0.15) is 16.8 Å². The van der Waals surface area contributed by atoms with Crippen molar-refractivity contribution in [2.75, 3.05) is 0 Å². The lowest BCUT2D eigenvalue weighted by atomic mass is 10.0. The number of pyridine rings is 1. The van der Waals surface area contributed by atoms with Gasteiger partial charge in [-0.2, -0.15) is 0 Å². The van der Waals surface area contributed by atoms with Crippen molar-refractivity contribution in [2.24, 2.45) is 0 Å². The summed E-state index contributed by atoms with van der Waals surface area (Å²) in [6.45, 7) is 1.83. The van der Waals surface area contributed by atoms with E-state index in [0.29, 0.717) is 18.2 Å². The molecule has 0 aliphatic rings. The summed E-state index contributed by atoms with van der Waals surface area (Å²) in [7, 11) is 0. The third-order valence-corrected chi connectivity index (χ3v) is 4.06. The molecule has 0 radical (unpaired) electrons. The Balaban J connectivity index is 1.85. The number of hydrogen-bond donors (Lipinski definition) is 1. The minimum Gasteiger partial charge on any atom is -0.358 e. The third kappa shape index (κ3) is 2.99. The van der Waals surface area contributed by atoms with Crippen molar-refractivity contribution >= 4 is 16.6 Å². The van der Waals surface area contributed by atoms with Crippen LogP contribution in [0.5, 0.6) is 0 Å². The zero-order valence-electron chi connectivity index (χ0n) is 12.7. The summed E-state index contributed by atoms with van der Waals surface area (Å²) in [5.74, 6) is 0. The zero-order valence-corrected chi connectivity index (χ0v) is 12.7. The summed E-state index contributed by atoms with van der Waals surface area (Å²) in [5, 5.41) is 11.4. The first-order chi connectivity index (χ1) is 11.1. The molecule has 0 unspecified atom stereocenters. The van der Waals surface area contributed by atoms with Gasteiger partial charge in [0.15, 0.2) is 5.43 Å². The van der Waals surface area contributed by atoms with Gasteiger partial charge >= 0.3 is 0 Å². The van der Waals surface area contributed by atoms with E-state index in [4.69, 9.17) is 0 Å². The Morgan fingerprint density at radius 1 is 1.04 bits per heavy atom. The highest BCUT2D eigenvalue weighted by molar-refractivity contribution is 5.79. The molecule has 0 aliphatic carbocycles. The first-order valence-corrected chi connectivity index (χ1v) is 7.40. The molecule has 1 heterocycles. The predicted molar refractivity (Wildman–Crippen MR) is 89.8 cm³/mol. The van der Waals surface area contributed by atoms with Crippen LogP contribution in [0, 0.1) is 17.0 Å². The topological polar surface area (TPSA) is 76.0 Å². The van der Waals surface area contributed by atoms with E-state index in [2.05, 4.69) is 4.98 Å². The van der Waals surface area contributed by atoms with E-state index >= 15 is 0 Å². The standard InChI is InChI=1S/C18H16N2O3/c1-12-16(19-17-5-3-2-4-15(17)18(12)21)11-8-13-6-9-14(10-7-13)20(22)23/h2-7,9-10H,8,11H2,1H3,(H,19,21). The Morgan fingerprint density at radius 2 is 1.74 bits per heavy atom. The summed E-state index contributed by atoms with van der Waals surface area (Å²) in [6.07, 6.45) is 1.40. The zero-order chi connectivity index (χ0) is 16.4. The fourth-order valence-corrected chi connectivity index (χ4v) is 2.69. The largest absolute Gasteiger partial charge is 0.358 e. The van der Waals surface area contributed by atoms with E-state index in [9.17, 15) is 14.9 Å². The number of benzene rings is 2. The molecule has 116 valence electrons. The molecular formula is C18H16N2O3. The van der Waals surface area contributed by atoms with Crippen molar-refractivity contribution < 1.29 is 4.92 Å². The summed E-state index contributed by atoms with van der Waals surface area (Å²) >= 11 is 0. The second-order valence-corrected chi connectivity index (χ2v) is 5.53. The normalized spacial score (nSPS) is 10.8. The van der Waals surface area contributed by atoms with E-state index in [1.165, 1.54) is 12.1 Å². The van der Waals surface area contributed by atoms with Crippen molar-refractivity contribution in [3.63, 3.8) is 0 Å². The van der Waals surface area contributed by atoms with Gasteiger partial charge in [0.25, 0.3) is 5.69 Å². The van der Waals surface area contributed by atoms with Crippen LogP contribution in [0.4, 0.5) is 5.69 Å². The number of hydrogen-bond acceptors (Lipinski definition) is 3. The quantitative estimate of drug-likeness (QED) is 0.591. The van der Waals surface area contributed by atoms with Crippen LogP contribution in [-0.2, 0) is 12.8 Å². The van der Waals surface area contributed by atoms with Crippen molar-refractivity contribution in [2.45, 2.75) is 19.8 Å². The van der Waals surface area contributed by atoms with Crippen LogP contribution in [0.15, 0.2) is 53.3 Å². The molecular weight excluding hydrogens is 292 g/mol. The minimum absolute atomic E-state index is 0.0537. The van der Waals surface area contributed by atoms with Gasteiger partial charge in [0.2, 0.25) is 0 Å². The lowest BCUT2D eigenvalue weighted by molar-refractivity contribution is -0.384. The van der Waals surface area contributed by atoms with Gasteiger partial charge in [0.05, 0.1) is 4.92 Å². The highest BCUT2D eigenvalue weighted by Gasteiger charge is 2.09. The number of H-pyrrole nitrogens is 1. The Labute approximate surface area is 132 Å². The molecule has 5 nitrogen and oxygen atoms in total. The van der Waals surface area contributed by atoms with Gasteiger partial charge in [-0.05, 0) is 37.5 Å². The summed E-state index contributed by atoms with van der Waals surface area (Å²) in [6, 6.07) is 14.0. The van der Waals surface area contributed by atoms with Crippen molar-refractivity contribution in [3.05, 3.63) is 85.7 Å². The van der Waals surface area contributed by atoms with Gasteiger partial charge in [0, 0.05) is 34.3 Å². The van der Waals surface area contributed by atoms with E-state index in [1.54, 1.807) is 12.1 Å².